The summed E-state index contributed by atoms with van der Waals surface area (Å²) in [4.78, 5) is 39.4. The Morgan fingerprint density at radius 1 is 1.29 bits per heavy atom. The Kier molecular flexibility index (Phi) is 5.36. The molecule has 1 fully saturated rings. The fourth-order valence-corrected chi connectivity index (χ4v) is 3.57. The predicted octanol–water partition coefficient (Wildman–Crippen LogP) is 2.93. The summed E-state index contributed by atoms with van der Waals surface area (Å²) in [6.45, 7) is 1.81. The number of rotatable bonds is 5. The van der Waals surface area contributed by atoms with Gasteiger partial charge in [-0.05, 0) is 37.3 Å². The van der Waals surface area contributed by atoms with E-state index in [-0.39, 0.29) is 22.6 Å². The molecule has 158 valence electrons. The third-order valence-electron chi connectivity index (χ3n) is 4.74. The zero-order valence-corrected chi connectivity index (χ0v) is 17.1. The van der Waals surface area contributed by atoms with Gasteiger partial charge in [0.1, 0.15) is 0 Å². The van der Waals surface area contributed by atoms with Crippen molar-refractivity contribution in [1.29, 1.82) is 0 Å². The lowest BCUT2D eigenvalue weighted by atomic mass is 10.1. The maximum absolute atomic E-state index is 13.2. The summed E-state index contributed by atoms with van der Waals surface area (Å²) in [5, 5.41) is 12.4. The summed E-state index contributed by atoms with van der Waals surface area (Å²) in [6.07, 6.45) is 1.41. The minimum absolute atomic E-state index is 0.0887. The molecule has 0 saturated carbocycles. The predicted molar refractivity (Wildman–Crippen MR) is 116 cm³/mol. The van der Waals surface area contributed by atoms with E-state index in [1.165, 1.54) is 34.0 Å². The Labute approximate surface area is 180 Å². The maximum atomic E-state index is 13.2. The first-order chi connectivity index (χ1) is 14.9. The number of anilines is 1. The average molecular weight is 439 g/mol. The third-order valence-corrected chi connectivity index (χ3v) is 5.03. The number of fused-ring (bicyclic) bond motifs is 1. The molecule has 1 amide bonds. The molecule has 2 aromatic carbocycles. The van der Waals surface area contributed by atoms with Gasteiger partial charge in [-0.1, -0.05) is 18.2 Å². The maximum Gasteiger partial charge on any atom is 0.329 e. The molecule has 10 nitrogen and oxygen atoms in total. The molecule has 1 aliphatic heterocycles. The van der Waals surface area contributed by atoms with E-state index in [4.69, 9.17) is 17.0 Å². The number of H-pyrrole nitrogens is 1. The number of carbonyl (C=O) groups excluding carboxylic acids is 2. The molecular weight excluding hydrogens is 422 g/mol. The van der Waals surface area contributed by atoms with Gasteiger partial charge in [0.15, 0.2) is 10.8 Å². The molecule has 1 atom stereocenters. The first kappa shape index (κ1) is 20.4. The van der Waals surface area contributed by atoms with Crippen molar-refractivity contribution in [3.05, 3.63) is 69.0 Å². The molecule has 1 aliphatic rings. The van der Waals surface area contributed by atoms with E-state index in [1.807, 2.05) is 6.07 Å². The van der Waals surface area contributed by atoms with Crippen LogP contribution in [0.25, 0.3) is 17.2 Å². The highest BCUT2D eigenvalue weighted by molar-refractivity contribution is 7.71. The molecule has 1 unspecified atom stereocenters. The number of benzene rings is 2. The molecular formula is C20H17N5O5S. The number of nitro benzene ring substituents is 1. The van der Waals surface area contributed by atoms with Crippen molar-refractivity contribution in [2.24, 2.45) is 0 Å². The number of esters is 1. The standard InChI is InChI=1S/C20H17N5O5S/c1-2-30-19(27)17-14(18(26)24(22-17)12-6-4-3-5-7-12)11-23-16-10-13(25(28)29)8-9-15(16)21-20(23)31/h3-11,17,22H,2H2,1H3,(H,21,31)/b14-11+. The van der Waals surface area contributed by atoms with Gasteiger partial charge < -0.3 is 9.72 Å². The van der Waals surface area contributed by atoms with Crippen molar-refractivity contribution in [3.8, 4) is 0 Å². The molecule has 2 N–H and O–H groups in total. The van der Waals surface area contributed by atoms with Crippen molar-refractivity contribution in [1.82, 2.24) is 15.0 Å². The van der Waals surface area contributed by atoms with E-state index in [9.17, 15) is 19.7 Å². The largest absolute Gasteiger partial charge is 0.465 e. The van der Waals surface area contributed by atoms with Crippen LogP contribution in [0.4, 0.5) is 11.4 Å². The molecule has 0 aliphatic carbocycles. The fraction of sp³-hybridized carbons (Fsp3) is 0.150. The Bertz CT molecular complexity index is 1280. The number of aromatic nitrogens is 2. The Hall–Kier alpha value is -3.83. The lowest BCUT2D eigenvalue weighted by Crippen LogP contribution is -2.41. The van der Waals surface area contributed by atoms with Crippen molar-refractivity contribution in [3.63, 3.8) is 0 Å². The van der Waals surface area contributed by atoms with E-state index in [1.54, 1.807) is 31.2 Å². The van der Waals surface area contributed by atoms with Crippen LogP contribution in [0.2, 0.25) is 0 Å². The van der Waals surface area contributed by atoms with Gasteiger partial charge in [-0.3, -0.25) is 19.5 Å². The smallest absolute Gasteiger partial charge is 0.329 e. The molecule has 0 spiro atoms. The second kappa shape index (κ2) is 8.13. The number of nitrogens with zero attached hydrogens (tertiary/aromatic N) is 3. The quantitative estimate of drug-likeness (QED) is 0.206. The van der Waals surface area contributed by atoms with Gasteiger partial charge >= 0.3 is 5.97 Å². The minimum atomic E-state index is -1.07. The third kappa shape index (κ3) is 3.71. The fourth-order valence-electron chi connectivity index (χ4n) is 3.30. The van der Waals surface area contributed by atoms with Crippen molar-refractivity contribution >= 4 is 52.7 Å². The zero-order chi connectivity index (χ0) is 22.1. The van der Waals surface area contributed by atoms with Gasteiger partial charge in [-0.15, -0.1) is 0 Å². The summed E-state index contributed by atoms with van der Waals surface area (Å²) in [6, 6.07) is 11.9. The van der Waals surface area contributed by atoms with Gasteiger partial charge in [0.2, 0.25) is 0 Å². The molecule has 31 heavy (non-hydrogen) atoms. The van der Waals surface area contributed by atoms with Gasteiger partial charge in [-0.2, -0.15) is 0 Å². The highest BCUT2D eigenvalue weighted by atomic mass is 32.1. The summed E-state index contributed by atoms with van der Waals surface area (Å²) >= 11 is 5.35. The number of nitrogens with one attached hydrogen (secondary N) is 2. The number of para-hydroxylation sites is 1. The number of imidazole rings is 1. The number of hydrogen-bond acceptors (Lipinski definition) is 7. The summed E-state index contributed by atoms with van der Waals surface area (Å²) in [5.41, 5.74) is 4.34. The van der Waals surface area contributed by atoms with Crippen molar-refractivity contribution < 1.29 is 19.2 Å². The molecule has 0 bridgehead atoms. The molecule has 1 aromatic heterocycles. The van der Waals surface area contributed by atoms with E-state index in [2.05, 4.69) is 10.4 Å². The van der Waals surface area contributed by atoms with Crippen molar-refractivity contribution in [2.45, 2.75) is 13.0 Å². The first-order valence-electron chi connectivity index (χ1n) is 9.33. The summed E-state index contributed by atoms with van der Waals surface area (Å²) in [7, 11) is 0. The van der Waals surface area contributed by atoms with E-state index in [0.29, 0.717) is 16.7 Å². The van der Waals surface area contributed by atoms with Crippen LogP contribution in [0.15, 0.2) is 54.1 Å². The number of hydrogen-bond donors (Lipinski definition) is 2. The van der Waals surface area contributed by atoms with E-state index >= 15 is 0 Å². The zero-order valence-electron chi connectivity index (χ0n) is 16.3. The van der Waals surface area contributed by atoms with Gasteiger partial charge in [0.25, 0.3) is 11.6 Å². The summed E-state index contributed by atoms with van der Waals surface area (Å²) < 4.78 is 6.78. The number of aromatic amines is 1. The Balaban J connectivity index is 1.85. The topological polar surface area (TPSA) is 122 Å². The monoisotopic (exact) mass is 439 g/mol. The molecule has 11 heteroatoms. The second-order valence-electron chi connectivity index (χ2n) is 6.63. The van der Waals surface area contributed by atoms with Gasteiger partial charge in [0, 0.05) is 18.3 Å². The van der Waals surface area contributed by atoms with Crippen molar-refractivity contribution in [2.75, 3.05) is 11.6 Å². The lowest BCUT2D eigenvalue weighted by Gasteiger charge is -2.16. The molecule has 1 saturated heterocycles. The number of ether oxygens (including phenoxy) is 1. The van der Waals surface area contributed by atoms with Crippen LogP contribution < -0.4 is 10.4 Å². The SMILES string of the molecule is CCOC(=O)C1NN(c2ccccc2)C(=O)/C1=C/n1c(=S)[nH]c2ccc([N+](=O)[O-])cc21. The van der Waals surface area contributed by atoms with Crippen LogP contribution in [0.1, 0.15) is 6.92 Å². The van der Waals surface area contributed by atoms with Crippen LogP contribution in [-0.4, -0.2) is 39.0 Å². The second-order valence-corrected chi connectivity index (χ2v) is 7.02. The summed E-state index contributed by atoms with van der Waals surface area (Å²) in [5.74, 6) is -1.09. The van der Waals surface area contributed by atoms with Crippen LogP contribution in [0.5, 0.6) is 0 Å². The average Bonchev–Trinajstić information content (AvgIpc) is 3.25. The number of carbonyl (C=O) groups is 2. The van der Waals surface area contributed by atoms with Crippen LogP contribution in [0, 0.1) is 14.9 Å². The lowest BCUT2D eigenvalue weighted by molar-refractivity contribution is -0.384. The first-order valence-corrected chi connectivity index (χ1v) is 9.74. The molecule has 3 aromatic rings. The van der Waals surface area contributed by atoms with E-state index in [0.717, 1.165) is 0 Å². The normalized spacial score (nSPS) is 17.5. The molecule has 2 heterocycles. The minimum Gasteiger partial charge on any atom is -0.465 e. The number of non-ortho nitro benzene ring substituents is 1. The number of nitro groups is 1. The van der Waals surface area contributed by atoms with E-state index < -0.39 is 22.8 Å². The highest BCUT2D eigenvalue weighted by Crippen LogP contribution is 2.26. The van der Waals surface area contributed by atoms with Gasteiger partial charge in [0.05, 0.1) is 33.8 Å². The Morgan fingerprint density at radius 3 is 2.71 bits per heavy atom. The number of hydrazine groups is 1. The van der Waals surface area contributed by atoms with Gasteiger partial charge in [-0.25, -0.2) is 15.2 Å². The number of amides is 1. The molecule has 4 rings (SSSR count). The van der Waals surface area contributed by atoms with Crippen LogP contribution >= 0.6 is 12.2 Å². The molecule has 0 radical (unpaired) electrons. The highest BCUT2D eigenvalue weighted by Gasteiger charge is 2.41. The Morgan fingerprint density at radius 2 is 2.03 bits per heavy atom. The van der Waals surface area contributed by atoms with Crippen LogP contribution in [0.3, 0.4) is 0 Å². The van der Waals surface area contributed by atoms with Crippen LogP contribution in [-0.2, 0) is 14.3 Å².